The number of aryl methyl sites for hydroxylation is 1. The van der Waals surface area contributed by atoms with E-state index in [0.29, 0.717) is 19.4 Å². The number of amides is 1. The smallest absolute Gasteiger partial charge is 0.308 e. The number of nitrogens with one attached hydrogen (secondary N) is 1. The maximum Gasteiger partial charge on any atom is 0.308 e. The number of carbonyl (C=O) groups excluding carboxylic acids is 3. The van der Waals surface area contributed by atoms with Crippen LogP contribution in [0.25, 0.3) is 0 Å². The van der Waals surface area contributed by atoms with Gasteiger partial charge in [0.15, 0.2) is 0 Å². The second kappa shape index (κ2) is 13.3. The van der Waals surface area contributed by atoms with Gasteiger partial charge in [0.05, 0.1) is 51.2 Å². The van der Waals surface area contributed by atoms with Gasteiger partial charge in [-0.05, 0) is 44.2 Å². The Morgan fingerprint density at radius 2 is 1.88 bits per heavy atom. The summed E-state index contributed by atoms with van der Waals surface area (Å²) in [7, 11) is 2.71. The molecular weight excluding hydrogens is 424 g/mol. The summed E-state index contributed by atoms with van der Waals surface area (Å²) in [6.07, 6.45) is 7.05. The van der Waals surface area contributed by atoms with E-state index >= 15 is 0 Å². The van der Waals surface area contributed by atoms with Gasteiger partial charge in [0.2, 0.25) is 5.91 Å². The van der Waals surface area contributed by atoms with E-state index < -0.39 is 17.4 Å². The fourth-order valence-corrected chi connectivity index (χ4v) is 4.54. The molecule has 1 fully saturated rings. The minimum absolute atomic E-state index is 0.0137. The Balaban J connectivity index is 2.07. The lowest BCUT2D eigenvalue weighted by Gasteiger charge is -2.32. The zero-order chi connectivity index (χ0) is 24.3. The van der Waals surface area contributed by atoms with Crippen LogP contribution >= 0.6 is 0 Å². The Kier molecular flexibility index (Phi) is 10.8. The third kappa shape index (κ3) is 8.11. The summed E-state index contributed by atoms with van der Waals surface area (Å²) in [6, 6.07) is 3.32. The zero-order valence-corrected chi connectivity index (χ0v) is 20.4. The van der Waals surface area contributed by atoms with E-state index in [1.165, 1.54) is 14.2 Å². The quantitative estimate of drug-likeness (QED) is 0.448. The van der Waals surface area contributed by atoms with Crippen molar-refractivity contribution in [3.8, 4) is 0 Å². The Morgan fingerprint density at radius 3 is 2.45 bits per heavy atom. The third-order valence-electron chi connectivity index (χ3n) is 6.39. The van der Waals surface area contributed by atoms with Gasteiger partial charge in [-0.25, -0.2) is 0 Å². The average molecular weight is 463 g/mol. The number of rotatable bonds is 13. The lowest BCUT2D eigenvalue weighted by Crippen LogP contribution is -2.48. The van der Waals surface area contributed by atoms with Crippen LogP contribution in [-0.4, -0.2) is 49.7 Å². The fraction of sp³-hybridized carbons (Fsp3) is 0.680. The van der Waals surface area contributed by atoms with Crippen molar-refractivity contribution in [3.63, 3.8) is 0 Å². The molecule has 1 aliphatic rings. The standard InChI is InChI=1S/C25H38N2O6/c1-5-8-20(23(29)32-4)14-25(11-6-7-12-25)24(30)27-21(13-22(28)31-3)17-33-16-19-10-9-18(2)26-15-19/h9-10,15,20-21H,5-8,11-14,16-17H2,1-4H3,(H,27,30)/t20-,21?/m1/s1. The lowest BCUT2D eigenvalue weighted by atomic mass is 9.75. The molecule has 0 aliphatic heterocycles. The molecular formula is C25H38N2O6. The van der Waals surface area contributed by atoms with Crippen molar-refractivity contribution in [2.45, 2.75) is 77.9 Å². The van der Waals surface area contributed by atoms with Crippen LogP contribution in [-0.2, 0) is 35.2 Å². The first-order chi connectivity index (χ1) is 15.8. The summed E-state index contributed by atoms with van der Waals surface area (Å²) in [5.74, 6) is -1.12. The number of ether oxygens (including phenoxy) is 3. The summed E-state index contributed by atoms with van der Waals surface area (Å²) in [4.78, 5) is 42.0. The lowest BCUT2D eigenvalue weighted by molar-refractivity contribution is -0.148. The van der Waals surface area contributed by atoms with Crippen LogP contribution in [0.3, 0.4) is 0 Å². The van der Waals surface area contributed by atoms with E-state index in [2.05, 4.69) is 10.3 Å². The Hall–Kier alpha value is -2.48. The highest BCUT2D eigenvalue weighted by molar-refractivity contribution is 5.85. The van der Waals surface area contributed by atoms with Crippen molar-refractivity contribution in [1.29, 1.82) is 0 Å². The normalized spacial score (nSPS) is 16.6. The van der Waals surface area contributed by atoms with E-state index in [1.54, 1.807) is 6.20 Å². The molecule has 1 heterocycles. The largest absolute Gasteiger partial charge is 0.469 e. The van der Waals surface area contributed by atoms with Crippen molar-refractivity contribution in [3.05, 3.63) is 29.6 Å². The Bertz CT molecular complexity index is 774. The molecule has 184 valence electrons. The summed E-state index contributed by atoms with van der Waals surface area (Å²) >= 11 is 0. The molecule has 33 heavy (non-hydrogen) atoms. The highest BCUT2D eigenvalue weighted by Gasteiger charge is 2.44. The van der Waals surface area contributed by atoms with E-state index in [-0.39, 0.29) is 30.8 Å². The van der Waals surface area contributed by atoms with Crippen molar-refractivity contribution in [1.82, 2.24) is 10.3 Å². The molecule has 1 unspecified atom stereocenters. The van der Waals surface area contributed by atoms with Crippen molar-refractivity contribution in [2.75, 3.05) is 20.8 Å². The Labute approximate surface area is 196 Å². The number of methoxy groups -OCH3 is 2. The Morgan fingerprint density at radius 1 is 1.15 bits per heavy atom. The van der Waals surface area contributed by atoms with Crippen LogP contribution in [0.15, 0.2) is 18.3 Å². The van der Waals surface area contributed by atoms with E-state index in [0.717, 1.165) is 43.4 Å². The molecule has 0 radical (unpaired) electrons. The highest BCUT2D eigenvalue weighted by atomic mass is 16.5. The van der Waals surface area contributed by atoms with Crippen molar-refractivity contribution < 1.29 is 28.6 Å². The van der Waals surface area contributed by atoms with E-state index in [4.69, 9.17) is 14.2 Å². The van der Waals surface area contributed by atoms with Gasteiger partial charge in [0, 0.05) is 11.9 Å². The maximum absolute atomic E-state index is 13.5. The molecule has 0 bridgehead atoms. The van der Waals surface area contributed by atoms with Crippen LogP contribution in [0, 0.1) is 18.3 Å². The molecule has 2 atom stereocenters. The monoisotopic (exact) mass is 462 g/mol. The maximum atomic E-state index is 13.5. The number of hydrogen-bond donors (Lipinski definition) is 1. The molecule has 1 amide bonds. The molecule has 8 nitrogen and oxygen atoms in total. The summed E-state index contributed by atoms with van der Waals surface area (Å²) in [6.45, 7) is 4.42. The first kappa shape index (κ1) is 26.8. The molecule has 1 N–H and O–H groups in total. The molecule has 1 aromatic heterocycles. The molecule has 8 heteroatoms. The SMILES string of the molecule is CCC[C@H](CC1(C(=O)NC(COCc2ccc(C)nc2)CC(=O)OC)CCCC1)C(=O)OC. The molecule has 0 spiro atoms. The fourth-order valence-electron chi connectivity index (χ4n) is 4.54. The zero-order valence-electron chi connectivity index (χ0n) is 20.4. The van der Waals surface area contributed by atoms with Gasteiger partial charge in [-0.1, -0.05) is 32.3 Å². The second-order valence-corrected chi connectivity index (χ2v) is 8.97. The number of nitrogens with zero attached hydrogens (tertiary/aromatic N) is 1. The van der Waals surface area contributed by atoms with Crippen LogP contribution in [0.5, 0.6) is 0 Å². The van der Waals surface area contributed by atoms with Gasteiger partial charge in [0.25, 0.3) is 0 Å². The molecule has 1 saturated carbocycles. The van der Waals surface area contributed by atoms with Crippen LogP contribution in [0.1, 0.15) is 69.5 Å². The highest BCUT2D eigenvalue weighted by Crippen LogP contribution is 2.44. The number of carbonyl (C=O) groups is 3. The molecule has 2 rings (SSSR count). The van der Waals surface area contributed by atoms with Crippen molar-refractivity contribution >= 4 is 17.8 Å². The number of hydrogen-bond acceptors (Lipinski definition) is 7. The topological polar surface area (TPSA) is 104 Å². The molecule has 1 aliphatic carbocycles. The molecule has 0 saturated heterocycles. The van der Waals surface area contributed by atoms with Crippen LogP contribution in [0.4, 0.5) is 0 Å². The number of esters is 2. The van der Waals surface area contributed by atoms with Gasteiger partial charge in [-0.2, -0.15) is 0 Å². The third-order valence-corrected chi connectivity index (χ3v) is 6.39. The summed E-state index contributed by atoms with van der Waals surface area (Å²) < 4.78 is 15.6. The minimum atomic E-state index is -0.636. The number of aromatic nitrogens is 1. The summed E-state index contributed by atoms with van der Waals surface area (Å²) in [5, 5.41) is 3.03. The van der Waals surface area contributed by atoms with E-state index in [1.807, 2.05) is 26.0 Å². The minimum Gasteiger partial charge on any atom is -0.469 e. The van der Waals surface area contributed by atoms with E-state index in [9.17, 15) is 14.4 Å². The van der Waals surface area contributed by atoms with Crippen LogP contribution < -0.4 is 5.32 Å². The first-order valence-electron chi connectivity index (χ1n) is 11.8. The molecule has 1 aromatic rings. The predicted molar refractivity (Wildman–Crippen MR) is 123 cm³/mol. The van der Waals surface area contributed by atoms with Crippen molar-refractivity contribution in [2.24, 2.45) is 11.3 Å². The van der Waals surface area contributed by atoms with Gasteiger partial charge in [-0.3, -0.25) is 19.4 Å². The van der Waals surface area contributed by atoms with Gasteiger partial charge in [0.1, 0.15) is 0 Å². The number of pyridine rings is 1. The van der Waals surface area contributed by atoms with Gasteiger partial charge >= 0.3 is 11.9 Å². The van der Waals surface area contributed by atoms with Crippen LogP contribution in [0.2, 0.25) is 0 Å². The summed E-state index contributed by atoms with van der Waals surface area (Å²) in [5.41, 5.74) is 1.20. The van der Waals surface area contributed by atoms with Gasteiger partial charge in [-0.15, -0.1) is 0 Å². The molecule has 0 aromatic carbocycles. The van der Waals surface area contributed by atoms with Gasteiger partial charge < -0.3 is 19.5 Å². The second-order valence-electron chi connectivity index (χ2n) is 8.97. The first-order valence-corrected chi connectivity index (χ1v) is 11.8. The average Bonchev–Trinajstić information content (AvgIpc) is 3.29. The predicted octanol–water partition coefficient (Wildman–Crippen LogP) is 3.49.